The maximum atomic E-state index is 2.31. The van der Waals surface area contributed by atoms with Gasteiger partial charge in [-0.15, -0.1) is 0 Å². The third-order valence-electron chi connectivity index (χ3n) is 3.00. The van der Waals surface area contributed by atoms with Gasteiger partial charge in [0.15, 0.2) is 0 Å². The van der Waals surface area contributed by atoms with Crippen LogP contribution in [-0.2, 0) is 0 Å². The molecule has 0 heteroatoms. The first kappa shape index (κ1) is 26.5. The van der Waals surface area contributed by atoms with Gasteiger partial charge in [0.1, 0.15) is 0 Å². The molecule has 116 valence electrons. The average molecular weight is 261 g/mol. The van der Waals surface area contributed by atoms with Gasteiger partial charge in [0, 0.05) is 0 Å². The molecule has 0 saturated carbocycles. The summed E-state index contributed by atoms with van der Waals surface area (Å²) >= 11 is 0. The lowest BCUT2D eigenvalue weighted by atomic mass is 9.84. The maximum absolute atomic E-state index is 2.31. The van der Waals surface area contributed by atoms with E-state index in [1.54, 1.807) is 0 Å². The number of hydrogen-bond donors (Lipinski definition) is 0. The van der Waals surface area contributed by atoms with Crippen molar-refractivity contribution in [3.63, 3.8) is 0 Å². The molecule has 0 aliphatic rings. The lowest BCUT2D eigenvalue weighted by Crippen LogP contribution is -2.13. The van der Waals surface area contributed by atoms with E-state index in [-0.39, 0.29) is 0 Å². The Labute approximate surface area is 120 Å². The summed E-state index contributed by atoms with van der Waals surface area (Å²) in [4.78, 5) is 0. The van der Waals surface area contributed by atoms with Crippen LogP contribution in [0.1, 0.15) is 95.9 Å². The van der Waals surface area contributed by atoms with Crippen molar-refractivity contribution < 1.29 is 0 Å². The van der Waals surface area contributed by atoms with Crippen LogP contribution >= 0.6 is 0 Å². The van der Waals surface area contributed by atoms with Gasteiger partial charge in [-0.05, 0) is 23.7 Å². The molecule has 0 aliphatic carbocycles. The Kier molecular flexibility index (Phi) is 32.7. The van der Waals surface area contributed by atoms with Crippen molar-refractivity contribution >= 4 is 0 Å². The van der Waals surface area contributed by atoms with E-state index in [2.05, 4.69) is 55.4 Å². The highest BCUT2D eigenvalue weighted by Crippen LogP contribution is 2.22. The molecule has 0 aromatic rings. The highest BCUT2D eigenvalue weighted by molar-refractivity contribution is 4.63. The van der Waals surface area contributed by atoms with Gasteiger partial charge < -0.3 is 0 Å². The summed E-state index contributed by atoms with van der Waals surface area (Å²) in [5.74, 6) is 3.52. The summed E-state index contributed by atoms with van der Waals surface area (Å²) in [6.07, 6.45) is 2.63. The molecule has 0 spiro atoms. The molecule has 0 amide bonds. The minimum atomic E-state index is 0.856. The fourth-order valence-corrected chi connectivity index (χ4v) is 1.71. The Morgan fingerprint density at radius 3 is 0.778 bits per heavy atom. The van der Waals surface area contributed by atoms with Crippen molar-refractivity contribution in [1.29, 1.82) is 0 Å². The van der Waals surface area contributed by atoms with Crippen LogP contribution in [0, 0.1) is 23.7 Å². The second-order valence-electron chi connectivity index (χ2n) is 5.36. The maximum Gasteiger partial charge on any atom is -0.0371 e. The van der Waals surface area contributed by atoms with Gasteiger partial charge in [-0.25, -0.2) is 0 Å². The molecule has 0 heterocycles. The predicted octanol–water partition coefficient (Wildman–Crippen LogP) is 7.43. The van der Waals surface area contributed by atoms with Gasteiger partial charge in [0.25, 0.3) is 0 Å². The topological polar surface area (TPSA) is 0 Å². The van der Waals surface area contributed by atoms with Crippen LogP contribution in [0.25, 0.3) is 0 Å². The van der Waals surface area contributed by atoms with Crippen LogP contribution in [0.15, 0.2) is 0 Å². The Morgan fingerprint density at radius 1 is 0.556 bits per heavy atom. The van der Waals surface area contributed by atoms with Crippen molar-refractivity contribution in [3.05, 3.63) is 0 Å². The van der Waals surface area contributed by atoms with E-state index in [4.69, 9.17) is 0 Å². The number of hydrogen-bond acceptors (Lipinski definition) is 0. The van der Waals surface area contributed by atoms with Crippen LogP contribution < -0.4 is 0 Å². The van der Waals surface area contributed by atoms with E-state index in [0.29, 0.717) is 0 Å². The largest absolute Gasteiger partial charge is 0.0683 e. The second-order valence-corrected chi connectivity index (χ2v) is 5.36. The first-order valence-corrected chi connectivity index (χ1v) is 8.36. The van der Waals surface area contributed by atoms with E-state index in [1.165, 1.54) is 12.8 Å². The molecular formula is C18H44. The molecule has 0 radical (unpaired) electrons. The number of rotatable bonds is 4. The summed E-state index contributed by atoms with van der Waals surface area (Å²) in [6.45, 7) is 26.2. The van der Waals surface area contributed by atoms with Gasteiger partial charge in [-0.1, -0.05) is 95.9 Å². The molecule has 0 saturated heterocycles. The SMILES string of the molecule is CC.CC.CCC(C(C)C)C(C)C.CCC(C)C. The highest BCUT2D eigenvalue weighted by atomic mass is 14.2. The minimum Gasteiger partial charge on any atom is -0.0683 e. The van der Waals surface area contributed by atoms with Crippen molar-refractivity contribution in [2.45, 2.75) is 95.9 Å². The zero-order chi connectivity index (χ0) is 15.7. The minimum absolute atomic E-state index is 0.856. The van der Waals surface area contributed by atoms with Crippen LogP contribution in [-0.4, -0.2) is 0 Å². The molecule has 0 nitrogen and oxygen atoms in total. The fraction of sp³-hybridized carbons (Fsp3) is 1.00. The predicted molar refractivity (Wildman–Crippen MR) is 91.3 cm³/mol. The highest BCUT2D eigenvalue weighted by Gasteiger charge is 2.13. The van der Waals surface area contributed by atoms with E-state index in [0.717, 1.165) is 23.7 Å². The molecule has 0 rings (SSSR count). The molecular weight excluding hydrogens is 216 g/mol. The summed E-state index contributed by atoms with van der Waals surface area (Å²) < 4.78 is 0. The van der Waals surface area contributed by atoms with E-state index in [1.807, 2.05) is 27.7 Å². The van der Waals surface area contributed by atoms with Crippen LogP contribution in [0.2, 0.25) is 0 Å². The zero-order valence-corrected chi connectivity index (χ0v) is 15.7. The molecule has 0 bridgehead atoms. The zero-order valence-electron chi connectivity index (χ0n) is 15.7. The van der Waals surface area contributed by atoms with E-state index >= 15 is 0 Å². The fourth-order valence-electron chi connectivity index (χ4n) is 1.71. The Bertz CT molecular complexity index is 92.6. The third-order valence-corrected chi connectivity index (χ3v) is 3.00. The second kappa shape index (κ2) is 22.2. The summed E-state index contributed by atoms with van der Waals surface area (Å²) in [5.41, 5.74) is 0. The lowest BCUT2D eigenvalue weighted by Gasteiger charge is -2.22. The van der Waals surface area contributed by atoms with Crippen molar-refractivity contribution in [1.82, 2.24) is 0 Å². The van der Waals surface area contributed by atoms with Gasteiger partial charge in [0.2, 0.25) is 0 Å². The standard InChI is InChI=1S/C9H20.C5H12.2C2H6/c1-6-9(7(2)3)8(4)5;1-4-5(2)3;2*1-2/h7-9H,6H2,1-5H3;5H,4H2,1-3H3;2*1-2H3. The summed E-state index contributed by atoms with van der Waals surface area (Å²) in [5, 5.41) is 0. The van der Waals surface area contributed by atoms with Gasteiger partial charge >= 0.3 is 0 Å². The Hall–Kier alpha value is 0. The van der Waals surface area contributed by atoms with E-state index < -0.39 is 0 Å². The van der Waals surface area contributed by atoms with Crippen molar-refractivity contribution in [2.24, 2.45) is 23.7 Å². The van der Waals surface area contributed by atoms with Crippen LogP contribution in [0.4, 0.5) is 0 Å². The van der Waals surface area contributed by atoms with Crippen LogP contribution in [0.5, 0.6) is 0 Å². The molecule has 0 N–H and O–H groups in total. The molecule has 0 aromatic heterocycles. The third kappa shape index (κ3) is 25.0. The Balaban J connectivity index is -0.0000000925. The average Bonchev–Trinajstić information content (AvgIpc) is 2.34. The van der Waals surface area contributed by atoms with Crippen LogP contribution in [0.3, 0.4) is 0 Å². The molecule has 0 atom stereocenters. The lowest BCUT2D eigenvalue weighted by molar-refractivity contribution is 0.279. The molecule has 18 heavy (non-hydrogen) atoms. The smallest absolute Gasteiger partial charge is 0.0371 e. The Morgan fingerprint density at radius 2 is 0.778 bits per heavy atom. The first-order chi connectivity index (χ1) is 8.36. The first-order valence-electron chi connectivity index (χ1n) is 8.36. The van der Waals surface area contributed by atoms with Crippen molar-refractivity contribution in [3.8, 4) is 0 Å². The molecule has 0 unspecified atom stereocenters. The van der Waals surface area contributed by atoms with Gasteiger partial charge in [-0.2, -0.15) is 0 Å². The molecule has 0 aliphatic heterocycles. The normalized spacial score (nSPS) is 9.33. The van der Waals surface area contributed by atoms with Gasteiger partial charge in [-0.3, -0.25) is 0 Å². The van der Waals surface area contributed by atoms with Crippen molar-refractivity contribution in [2.75, 3.05) is 0 Å². The molecule has 0 fully saturated rings. The summed E-state index contributed by atoms with van der Waals surface area (Å²) in [7, 11) is 0. The van der Waals surface area contributed by atoms with E-state index in [9.17, 15) is 0 Å². The van der Waals surface area contributed by atoms with Gasteiger partial charge in [0.05, 0.1) is 0 Å². The molecule has 0 aromatic carbocycles. The monoisotopic (exact) mass is 260 g/mol. The summed E-state index contributed by atoms with van der Waals surface area (Å²) in [6, 6.07) is 0. The quantitative estimate of drug-likeness (QED) is 0.493.